The molecule has 1 aliphatic heterocycles. The standard InChI is InChI=1S/C16H19N3OS/c1-11(19-8-2-3-14(19)16(17)20)12-4-6-13(7-5-12)15-9-18-10-21-15/h4-7,9-11,14H,2-3,8H2,1H3,(H2,17,20)/t11-,14?/m0/s1. The third-order valence-corrected chi connectivity index (χ3v) is 5.05. The lowest BCUT2D eigenvalue weighted by molar-refractivity contribution is -0.122. The molecular formula is C16H19N3OS. The number of hydrogen-bond acceptors (Lipinski definition) is 4. The summed E-state index contributed by atoms with van der Waals surface area (Å²) in [5.74, 6) is -0.208. The fraction of sp³-hybridized carbons (Fsp3) is 0.375. The smallest absolute Gasteiger partial charge is 0.234 e. The molecule has 5 heteroatoms. The molecule has 0 saturated carbocycles. The van der Waals surface area contributed by atoms with E-state index in [2.05, 4.69) is 41.1 Å². The van der Waals surface area contributed by atoms with Crippen LogP contribution in [0, 0.1) is 0 Å². The molecule has 0 aliphatic carbocycles. The van der Waals surface area contributed by atoms with Crippen molar-refractivity contribution in [2.45, 2.75) is 31.8 Å². The maximum absolute atomic E-state index is 11.5. The molecule has 3 rings (SSSR count). The number of nitrogens with zero attached hydrogens (tertiary/aromatic N) is 2. The van der Waals surface area contributed by atoms with Gasteiger partial charge in [-0.3, -0.25) is 14.7 Å². The highest BCUT2D eigenvalue weighted by atomic mass is 32.1. The summed E-state index contributed by atoms with van der Waals surface area (Å²) >= 11 is 1.64. The van der Waals surface area contributed by atoms with Gasteiger partial charge < -0.3 is 5.73 Å². The second kappa shape index (κ2) is 5.95. The van der Waals surface area contributed by atoms with Crippen molar-refractivity contribution in [2.24, 2.45) is 5.73 Å². The summed E-state index contributed by atoms with van der Waals surface area (Å²) in [5.41, 5.74) is 9.75. The van der Waals surface area contributed by atoms with Gasteiger partial charge in [0, 0.05) is 12.2 Å². The summed E-state index contributed by atoms with van der Waals surface area (Å²) in [7, 11) is 0. The molecule has 4 nitrogen and oxygen atoms in total. The second-order valence-electron chi connectivity index (χ2n) is 5.46. The highest BCUT2D eigenvalue weighted by molar-refractivity contribution is 7.13. The van der Waals surface area contributed by atoms with Gasteiger partial charge >= 0.3 is 0 Å². The molecule has 0 spiro atoms. The minimum Gasteiger partial charge on any atom is -0.368 e. The Morgan fingerprint density at radius 2 is 2.19 bits per heavy atom. The summed E-state index contributed by atoms with van der Waals surface area (Å²) in [6, 6.07) is 8.59. The zero-order valence-electron chi connectivity index (χ0n) is 12.0. The Morgan fingerprint density at radius 1 is 1.43 bits per heavy atom. The van der Waals surface area contributed by atoms with Gasteiger partial charge in [-0.2, -0.15) is 0 Å². The van der Waals surface area contributed by atoms with Crippen molar-refractivity contribution in [1.29, 1.82) is 0 Å². The number of carbonyl (C=O) groups excluding carboxylic acids is 1. The van der Waals surface area contributed by atoms with Gasteiger partial charge in [0.15, 0.2) is 0 Å². The molecule has 1 aliphatic rings. The normalized spacial score (nSPS) is 20.5. The average Bonchev–Trinajstić information content (AvgIpc) is 3.18. The molecule has 1 aromatic carbocycles. The number of rotatable bonds is 4. The lowest BCUT2D eigenvalue weighted by atomic mass is 10.0. The molecule has 1 amide bonds. The number of primary amides is 1. The van der Waals surface area contributed by atoms with Crippen LogP contribution in [0.4, 0.5) is 0 Å². The minimum atomic E-state index is -0.208. The molecule has 0 bridgehead atoms. The lowest BCUT2D eigenvalue weighted by Gasteiger charge is -2.29. The first-order valence-electron chi connectivity index (χ1n) is 7.20. The van der Waals surface area contributed by atoms with Gasteiger partial charge in [-0.25, -0.2) is 0 Å². The van der Waals surface area contributed by atoms with Gasteiger partial charge in [-0.05, 0) is 37.4 Å². The van der Waals surface area contributed by atoms with E-state index in [0.29, 0.717) is 0 Å². The number of hydrogen-bond donors (Lipinski definition) is 1. The number of amides is 1. The van der Waals surface area contributed by atoms with Gasteiger partial charge in [0.25, 0.3) is 0 Å². The maximum atomic E-state index is 11.5. The Hall–Kier alpha value is -1.72. The number of likely N-dealkylation sites (tertiary alicyclic amines) is 1. The second-order valence-corrected chi connectivity index (χ2v) is 6.35. The van der Waals surface area contributed by atoms with Crippen LogP contribution < -0.4 is 5.73 Å². The molecular weight excluding hydrogens is 282 g/mol. The van der Waals surface area contributed by atoms with Crippen LogP contribution in [0.15, 0.2) is 36.0 Å². The molecule has 21 heavy (non-hydrogen) atoms. The van der Waals surface area contributed by atoms with E-state index in [1.165, 1.54) is 16.0 Å². The monoisotopic (exact) mass is 301 g/mol. The molecule has 1 unspecified atom stereocenters. The fourth-order valence-electron chi connectivity index (χ4n) is 3.03. The van der Waals surface area contributed by atoms with Crippen LogP contribution in [-0.2, 0) is 4.79 Å². The van der Waals surface area contributed by atoms with Gasteiger partial charge in [-0.15, -0.1) is 11.3 Å². The molecule has 2 aromatic rings. The van der Waals surface area contributed by atoms with Crippen LogP contribution in [0.25, 0.3) is 10.4 Å². The van der Waals surface area contributed by atoms with Crippen molar-refractivity contribution in [3.63, 3.8) is 0 Å². The molecule has 1 aromatic heterocycles. The molecule has 2 N–H and O–H groups in total. The third kappa shape index (κ3) is 2.84. The van der Waals surface area contributed by atoms with E-state index in [4.69, 9.17) is 5.73 Å². The zero-order valence-corrected chi connectivity index (χ0v) is 12.8. The molecule has 2 atom stereocenters. The number of nitrogens with two attached hydrogens (primary N) is 1. The Labute approximate surface area is 128 Å². The first kappa shape index (κ1) is 14.2. The largest absolute Gasteiger partial charge is 0.368 e. The van der Waals surface area contributed by atoms with Crippen molar-refractivity contribution in [3.8, 4) is 10.4 Å². The van der Waals surface area contributed by atoms with Gasteiger partial charge in [0.05, 0.1) is 16.4 Å². The molecule has 0 radical (unpaired) electrons. The van der Waals surface area contributed by atoms with E-state index >= 15 is 0 Å². The fourth-order valence-corrected chi connectivity index (χ4v) is 3.66. The van der Waals surface area contributed by atoms with Crippen LogP contribution in [0.1, 0.15) is 31.4 Å². The first-order chi connectivity index (χ1) is 10.2. The van der Waals surface area contributed by atoms with E-state index in [1.807, 2.05) is 11.7 Å². The lowest BCUT2D eigenvalue weighted by Crippen LogP contribution is -2.41. The van der Waals surface area contributed by atoms with Gasteiger partial charge in [0.2, 0.25) is 5.91 Å². The Balaban J connectivity index is 1.79. The van der Waals surface area contributed by atoms with Crippen molar-refractivity contribution < 1.29 is 4.79 Å². The van der Waals surface area contributed by atoms with Crippen LogP contribution in [0.2, 0.25) is 0 Å². The quantitative estimate of drug-likeness (QED) is 0.944. The van der Waals surface area contributed by atoms with E-state index < -0.39 is 0 Å². The first-order valence-corrected chi connectivity index (χ1v) is 8.08. The van der Waals surface area contributed by atoms with Crippen molar-refractivity contribution in [3.05, 3.63) is 41.5 Å². The molecule has 110 valence electrons. The van der Waals surface area contributed by atoms with Crippen molar-refractivity contribution in [1.82, 2.24) is 9.88 Å². The van der Waals surface area contributed by atoms with E-state index in [-0.39, 0.29) is 18.0 Å². The Bertz CT molecular complexity index is 609. The molecule has 2 heterocycles. The average molecular weight is 301 g/mol. The van der Waals surface area contributed by atoms with Crippen LogP contribution in [0.5, 0.6) is 0 Å². The van der Waals surface area contributed by atoms with E-state index in [9.17, 15) is 4.79 Å². The molecule has 1 fully saturated rings. The minimum absolute atomic E-state index is 0.124. The topological polar surface area (TPSA) is 59.2 Å². The third-order valence-electron chi connectivity index (χ3n) is 4.23. The summed E-state index contributed by atoms with van der Waals surface area (Å²) in [6.07, 6.45) is 3.79. The SMILES string of the molecule is C[C@@H](c1ccc(-c2cncs2)cc1)N1CCCC1C(N)=O. The number of benzene rings is 1. The predicted molar refractivity (Wildman–Crippen MR) is 84.9 cm³/mol. The van der Waals surface area contributed by atoms with Crippen molar-refractivity contribution in [2.75, 3.05) is 6.54 Å². The highest BCUT2D eigenvalue weighted by Crippen LogP contribution is 2.31. The van der Waals surface area contributed by atoms with Gasteiger partial charge in [0.1, 0.15) is 0 Å². The summed E-state index contributed by atoms with van der Waals surface area (Å²) < 4.78 is 0. The predicted octanol–water partition coefficient (Wildman–Crippen LogP) is 2.82. The number of thiazole rings is 1. The Kier molecular flexibility index (Phi) is 4.03. The van der Waals surface area contributed by atoms with Gasteiger partial charge in [-0.1, -0.05) is 24.3 Å². The summed E-state index contributed by atoms with van der Waals surface area (Å²) in [6.45, 7) is 3.08. The number of aromatic nitrogens is 1. The van der Waals surface area contributed by atoms with E-state index in [0.717, 1.165) is 19.4 Å². The van der Waals surface area contributed by atoms with Crippen LogP contribution in [0.3, 0.4) is 0 Å². The number of carbonyl (C=O) groups is 1. The Morgan fingerprint density at radius 3 is 2.81 bits per heavy atom. The zero-order chi connectivity index (χ0) is 14.8. The van der Waals surface area contributed by atoms with E-state index in [1.54, 1.807) is 11.3 Å². The van der Waals surface area contributed by atoms with Crippen molar-refractivity contribution >= 4 is 17.2 Å². The summed E-state index contributed by atoms with van der Waals surface area (Å²) in [5, 5.41) is 0. The van der Waals surface area contributed by atoms with Crippen LogP contribution >= 0.6 is 11.3 Å². The highest BCUT2D eigenvalue weighted by Gasteiger charge is 2.32. The maximum Gasteiger partial charge on any atom is 0.234 e. The summed E-state index contributed by atoms with van der Waals surface area (Å²) in [4.78, 5) is 19.0. The van der Waals surface area contributed by atoms with Crippen LogP contribution in [-0.4, -0.2) is 28.4 Å². The molecule has 1 saturated heterocycles.